The number of hydrogen-bond donors (Lipinski definition) is 4. The fourth-order valence-electron chi connectivity index (χ4n) is 1.94. The molecule has 0 aromatic heterocycles. The Balaban J connectivity index is 4.03. The zero-order valence-electron chi connectivity index (χ0n) is 15.9. The molecule has 0 aliphatic carbocycles. The molecule has 0 heterocycles. The van der Waals surface area contributed by atoms with Crippen LogP contribution in [0.2, 0.25) is 0 Å². The monoisotopic (exact) mass is 376 g/mol. The van der Waals surface area contributed by atoms with Crippen molar-refractivity contribution in [1.82, 2.24) is 0 Å². The van der Waals surface area contributed by atoms with Gasteiger partial charge in [0.15, 0.2) is 0 Å². The van der Waals surface area contributed by atoms with E-state index in [1.165, 1.54) is 6.08 Å². The van der Waals surface area contributed by atoms with Gasteiger partial charge in [-0.25, -0.2) is 0 Å². The van der Waals surface area contributed by atoms with Gasteiger partial charge in [0.05, 0.1) is 18.3 Å². The van der Waals surface area contributed by atoms with Crippen molar-refractivity contribution in [3.05, 3.63) is 72.9 Å². The second-order valence-electron chi connectivity index (χ2n) is 5.92. The molecule has 150 valence electrons. The maximum absolute atomic E-state index is 10.3. The van der Waals surface area contributed by atoms with Gasteiger partial charge in [-0.3, -0.25) is 4.79 Å². The van der Waals surface area contributed by atoms with Crippen molar-refractivity contribution in [3.63, 3.8) is 0 Å². The summed E-state index contributed by atoms with van der Waals surface area (Å²) in [5.74, 6) is -0.831. The van der Waals surface area contributed by atoms with E-state index in [0.29, 0.717) is 19.3 Å². The minimum Gasteiger partial charge on any atom is -0.481 e. The number of carbonyl (C=O) groups is 1. The van der Waals surface area contributed by atoms with Crippen LogP contribution in [-0.4, -0.2) is 44.7 Å². The number of allylic oxidation sites excluding steroid dienone is 8. The van der Waals surface area contributed by atoms with E-state index in [2.05, 4.69) is 0 Å². The van der Waals surface area contributed by atoms with Crippen molar-refractivity contribution in [1.29, 1.82) is 0 Å². The summed E-state index contributed by atoms with van der Waals surface area (Å²) >= 11 is 0. The average Bonchev–Trinajstić information content (AvgIpc) is 2.63. The summed E-state index contributed by atoms with van der Waals surface area (Å²) in [6.45, 7) is 2.01. The molecule has 27 heavy (non-hydrogen) atoms. The number of carboxylic acid groups (broad SMARTS) is 1. The summed E-state index contributed by atoms with van der Waals surface area (Å²) in [6, 6.07) is 0. The molecular weight excluding hydrogens is 344 g/mol. The van der Waals surface area contributed by atoms with Gasteiger partial charge in [0, 0.05) is 6.42 Å². The van der Waals surface area contributed by atoms with Gasteiger partial charge in [-0.05, 0) is 25.7 Å². The lowest BCUT2D eigenvalue weighted by Gasteiger charge is -2.11. The molecule has 0 aliphatic heterocycles. The molecule has 4 N–H and O–H groups in total. The lowest BCUT2D eigenvalue weighted by molar-refractivity contribution is -0.136. The van der Waals surface area contributed by atoms with Gasteiger partial charge in [-0.2, -0.15) is 0 Å². The molecule has 5 nitrogen and oxygen atoms in total. The van der Waals surface area contributed by atoms with Crippen molar-refractivity contribution >= 4 is 5.97 Å². The van der Waals surface area contributed by atoms with Crippen LogP contribution in [0.3, 0.4) is 0 Å². The van der Waals surface area contributed by atoms with Crippen LogP contribution in [0.4, 0.5) is 0 Å². The second kappa shape index (κ2) is 17.2. The van der Waals surface area contributed by atoms with Crippen molar-refractivity contribution in [2.75, 3.05) is 0 Å². The fourth-order valence-corrected chi connectivity index (χ4v) is 1.94. The molecule has 0 saturated carbocycles. The normalized spacial score (nSPS) is 16.6. The Morgan fingerprint density at radius 1 is 0.815 bits per heavy atom. The summed E-state index contributed by atoms with van der Waals surface area (Å²) in [7, 11) is 0. The molecule has 0 aliphatic rings. The van der Waals surface area contributed by atoms with Crippen LogP contribution in [-0.2, 0) is 4.79 Å². The van der Waals surface area contributed by atoms with Gasteiger partial charge in [0.25, 0.3) is 0 Å². The number of hydrogen-bond acceptors (Lipinski definition) is 4. The van der Waals surface area contributed by atoms with E-state index in [1.807, 2.05) is 19.1 Å². The maximum atomic E-state index is 10.3. The van der Waals surface area contributed by atoms with Gasteiger partial charge in [-0.1, -0.05) is 79.8 Å². The van der Waals surface area contributed by atoms with E-state index in [1.54, 1.807) is 54.7 Å². The van der Waals surface area contributed by atoms with E-state index in [9.17, 15) is 20.1 Å². The Bertz CT molecular complexity index is 555. The minimum absolute atomic E-state index is 0.0951. The first-order valence-electron chi connectivity index (χ1n) is 9.21. The van der Waals surface area contributed by atoms with Gasteiger partial charge in [0.2, 0.25) is 0 Å². The predicted octanol–water partition coefficient (Wildman–Crippen LogP) is 3.46. The molecule has 0 aromatic rings. The minimum atomic E-state index is -0.904. The zero-order chi connectivity index (χ0) is 20.3. The number of aliphatic hydroxyl groups excluding tert-OH is 3. The highest BCUT2D eigenvalue weighted by molar-refractivity contribution is 5.66. The van der Waals surface area contributed by atoms with Gasteiger partial charge < -0.3 is 20.4 Å². The molecule has 0 bridgehead atoms. The highest BCUT2D eigenvalue weighted by Gasteiger charge is 2.10. The molecule has 0 rings (SSSR count). The Morgan fingerprint density at radius 2 is 1.41 bits per heavy atom. The third-order valence-corrected chi connectivity index (χ3v) is 3.44. The maximum Gasteiger partial charge on any atom is 0.303 e. The summed E-state index contributed by atoms with van der Waals surface area (Å²) in [5.41, 5.74) is 0. The summed E-state index contributed by atoms with van der Waals surface area (Å²) in [6.07, 6.45) is 21.0. The first-order chi connectivity index (χ1) is 13.0. The van der Waals surface area contributed by atoms with E-state index < -0.39 is 24.3 Å². The molecule has 0 amide bonds. The third-order valence-electron chi connectivity index (χ3n) is 3.44. The largest absolute Gasteiger partial charge is 0.481 e. The van der Waals surface area contributed by atoms with Gasteiger partial charge in [0.1, 0.15) is 0 Å². The van der Waals surface area contributed by atoms with Crippen LogP contribution >= 0.6 is 0 Å². The Labute approximate surface area is 162 Å². The third kappa shape index (κ3) is 17.0. The van der Waals surface area contributed by atoms with Crippen LogP contribution < -0.4 is 0 Å². The quantitative estimate of drug-likeness (QED) is 0.275. The molecule has 0 spiro atoms. The molecule has 5 heteroatoms. The van der Waals surface area contributed by atoms with Crippen LogP contribution in [0.15, 0.2) is 72.9 Å². The molecule has 0 aromatic carbocycles. The number of carboxylic acids is 1. The lowest BCUT2D eigenvalue weighted by atomic mass is 10.1. The van der Waals surface area contributed by atoms with Gasteiger partial charge in [-0.15, -0.1) is 0 Å². The fraction of sp³-hybridized carbons (Fsp3) is 0.409. The summed E-state index contributed by atoms with van der Waals surface area (Å²) in [4.78, 5) is 10.3. The summed E-state index contributed by atoms with van der Waals surface area (Å²) < 4.78 is 0. The number of rotatable bonds is 14. The number of aliphatic hydroxyl groups is 3. The Kier molecular flexibility index (Phi) is 15.8. The summed E-state index contributed by atoms with van der Waals surface area (Å²) in [5, 5.41) is 37.7. The molecular formula is C22H32O5. The van der Waals surface area contributed by atoms with Crippen LogP contribution in [0, 0.1) is 0 Å². The molecule has 1 unspecified atom stereocenters. The topological polar surface area (TPSA) is 98.0 Å². The van der Waals surface area contributed by atoms with Crippen LogP contribution in [0.1, 0.15) is 39.0 Å². The SMILES string of the molecule is CC/C=C/C[C@@H](O)C(O)/C=C/C=C/C=C/C=C/[C@H](O)C/C=C/CCC(=O)O. The molecule has 0 saturated heterocycles. The van der Waals surface area contributed by atoms with Crippen molar-refractivity contribution in [2.24, 2.45) is 0 Å². The van der Waals surface area contributed by atoms with E-state index in [-0.39, 0.29) is 6.42 Å². The van der Waals surface area contributed by atoms with Crippen molar-refractivity contribution in [3.8, 4) is 0 Å². The number of aliphatic carboxylic acids is 1. The van der Waals surface area contributed by atoms with E-state index in [0.717, 1.165) is 6.42 Å². The van der Waals surface area contributed by atoms with Crippen LogP contribution in [0.5, 0.6) is 0 Å². The van der Waals surface area contributed by atoms with Crippen molar-refractivity contribution in [2.45, 2.75) is 57.3 Å². The Morgan fingerprint density at radius 3 is 2.04 bits per heavy atom. The van der Waals surface area contributed by atoms with E-state index >= 15 is 0 Å². The smallest absolute Gasteiger partial charge is 0.303 e. The van der Waals surface area contributed by atoms with Gasteiger partial charge >= 0.3 is 5.97 Å². The zero-order valence-corrected chi connectivity index (χ0v) is 15.9. The molecule has 3 atom stereocenters. The molecule has 0 radical (unpaired) electrons. The average molecular weight is 376 g/mol. The lowest BCUT2D eigenvalue weighted by Crippen LogP contribution is -2.22. The van der Waals surface area contributed by atoms with Crippen LogP contribution in [0.25, 0.3) is 0 Å². The Hall–Kier alpha value is -2.21. The highest BCUT2D eigenvalue weighted by Crippen LogP contribution is 2.03. The predicted molar refractivity (Wildman–Crippen MR) is 109 cm³/mol. The van der Waals surface area contributed by atoms with Crippen molar-refractivity contribution < 1.29 is 25.2 Å². The standard InChI is InChI=1S/C22H32O5/c1-2-3-9-16-20(24)21(25)17-12-7-5-4-6-10-14-19(23)15-11-8-13-18-22(26)27/h3-12,14,17,19-21,23-25H,2,13,15-16,18H2,1H3,(H,26,27)/b6-4+,7-5+,9-3+,11-8+,14-10+,17-12+/t19-,20+,21?/m0/s1. The molecule has 0 fully saturated rings. The first-order valence-corrected chi connectivity index (χ1v) is 9.21. The van der Waals surface area contributed by atoms with E-state index in [4.69, 9.17) is 5.11 Å². The highest BCUT2D eigenvalue weighted by atomic mass is 16.4. The second-order valence-corrected chi connectivity index (χ2v) is 5.92. The first kappa shape index (κ1) is 24.8.